The second-order valence-corrected chi connectivity index (χ2v) is 15.6. The molecule has 0 aromatic heterocycles. The lowest BCUT2D eigenvalue weighted by Gasteiger charge is -1.89. The number of benzene rings is 1. The van der Waals surface area contributed by atoms with Crippen molar-refractivity contribution in [3.63, 3.8) is 0 Å². The van der Waals surface area contributed by atoms with E-state index in [2.05, 4.69) is 63.7 Å². The third-order valence-electron chi connectivity index (χ3n) is 1.12. The summed E-state index contributed by atoms with van der Waals surface area (Å²) in [6.07, 6.45) is 0. The van der Waals surface area contributed by atoms with E-state index in [9.17, 15) is 0 Å². The molecule has 0 aliphatic heterocycles. The molecule has 0 aliphatic rings. The van der Waals surface area contributed by atoms with Gasteiger partial charge in [-0.25, -0.2) is 0 Å². The molecule has 0 spiro atoms. The second kappa shape index (κ2) is 8.06. The van der Waals surface area contributed by atoms with Crippen molar-refractivity contribution >= 4 is 50.3 Å². The molecule has 1 aromatic rings. The quantitative estimate of drug-likeness (QED) is 0.475. The molecular formula is C8H9I2Mg. The molecule has 57 valence electrons. The molecule has 3 heteroatoms. The molecule has 0 saturated heterocycles. The fourth-order valence-corrected chi connectivity index (χ4v) is 0.588. The standard InChI is InChI=1S/C8H9.2HI.Mg/c1-7-3-5-8(2)6-4-7;;;/h3-6H,1H2,2H3;2*1H;/q;;;+2/p-2. The van der Waals surface area contributed by atoms with Gasteiger partial charge in [0.05, 0.1) is 0 Å². The Kier molecular flexibility index (Phi) is 9.12. The molecule has 0 bridgehead atoms. The Hall–Kier alpha value is 1.45. The van der Waals surface area contributed by atoms with E-state index in [0.29, 0.717) is 12.6 Å². The average Bonchev–Trinajstić information content (AvgIpc) is 1.97. The number of rotatable bonds is 0. The van der Waals surface area contributed by atoms with Crippen molar-refractivity contribution in [1.29, 1.82) is 0 Å². The van der Waals surface area contributed by atoms with Gasteiger partial charge in [-0.2, -0.15) is 0 Å². The van der Waals surface area contributed by atoms with Gasteiger partial charge < -0.3 is 0 Å². The van der Waals surface area contributed by atoms with Crippen LogP contribution in [-0.2, 0) is 0 Å². The van der Waals surface area contributed by atoms with E-state index in [1.807, 2.05) is 12.1 Å². The van der Waals surface area contributed by atoms with Gasteiger partial charge in [0, 0.05) is 0 Å². The zero-order valence-electron chi connectivity index (χ0n) is 6.48. The summed E-state index contributed by atoms with van der Waals surface area (Å²) in [4.78, 5) is 0. The summed E-state index contributed by atoms with van der Waals surface area (Å²) in [5.74, 6) is 0. The first-order valence-electron chi connectivity index (χ1n) is 3.21. The predicted octanol–water partition coefficient (Wildman–Crippen LogP) is 3.57. The molecule has 0 atom stereocenters. The highest BCUT2D eigenvalue weighted by Crippen LogP contribution is 1.99. The largest absolute Gasteiger partial charge is 0.552 e. The van der Waals surface area contributed by atoms with Crippen LogP contribution in [0.4, 0.5) is 0 Å². The maximum absolute atomic E-state index is 3.76. The third kappa shape index (κ3) is 7.80. The van der Waals surface area contributed by atoms with E-state index >= 15 is 0 Å². The number of aryl methyl sites for hydroxylation is 1. The lowest BCUT2D eigenvalue weighted by Crippen LogP contribution is -1.70. The van der Waals surface area contributed by atoms with Crippen LogP contribution in [0.2, 0.25) is 0 Å². The van der Waals surface area contributed by atoms with Crippen molar-refractivity contribution in [1.82, 2.24) is 0 Å². The Balaban J connectivity index is 0.000000292. The van der Waals surface area contributed by atoms with Gasteiger partial charge in [0.25, 0.3) is 0 Å². The van der Waals surface area contributed by atoms with Gasteiger partial charge >= 0.3 is 12.6 Å². The minimum atomic E-state index is 0.357. The van der Waals surface area contributed by atoms with E-state index in [0.717, 1.165) is 5.56 Å². The smallest absolute Gasteiger partial charge is 0.276 e. The molecule has 0 saturated carbocycles. The molecule has 11 heavy (non-hydrogen) atoms. The van der Waals surface area contributed by atoms with Crippen molar-refractivity contribution in [3.05, 3.63) is 42.3 Å². The minimum Gasteiger partial charge on any atom is -0.276 e. The van der Waals surface area contributed by atoms with Crippen molar-refractivity contribution < 1.29 is 0 Å². The van der Waals surface area contributed by atoms with E-state index in [1.54, 1.807) is 0 Å². The van der Waals surface area contributed by atoms with Gasteiger partial charge in [-0.1, -0.05) is 29.8 Å². The van der Waals surface area contributed by atoms with Crippen LogP contribution in [0.5, 0.6) is 0 Å². The van der Waals surface area contributed by atoms with E-state index in [-0.39, 0.29) is 0 Å². The summed E-state index contributed by atoms with van der Waals surface area (Å²) in [5, 5.41) is 0. The van der Waals surface area contributed by atoms with Crippen LogP contribution in [0.1, 0.15) is 11.1 Å². The predicted molar refractivity (Wildman–Crippen MR) is 69.4 cm³/mol. The fraction of sp³-hybridized carbons (Fsp3) is 0.125. The number of hydrogen-bond donors (Lipinski definition) is 0. The maximum Gasteiger partial charge on any atom is 0.552 e. The highest BCUT2D eigenvalue weighted by Gasteiger charge is 1.80. The zero-order valence-corrected chi connectivity index (χ0v) is 12.2. The fourth-order valence-electron chi connectivity index (χ4n) is 0.588. The molecule has 0 heterocycles. The number of hydrogen-bond acceptors (Lipinski definition) is 0. The normalized spacial score (nSPS) is 7.64. The monoisotopic (exact) mass is 383 g/mol. The highest BCUT2D eigenvalue weighted by molar-refractivity contribution is 14.3. The lowest BCUT2D eigenvalue weighted by molar-refractivity contribution is 1.45. The Morgan fingerprint density at radius 1 is 1.18 bits per heavy atom. The Morgan fingerprint density at radius 3 is 1.82 bits per heavy atom. The van der Waals surface area contributed by atoms with Crippen molar-refractivity contribution in [2.75, 3.05) is 0 Å². The molecule has 0 fully saturated rings. The van der Waals surface area contributed by atoms with Gasteiger partial charge in [-0.05, 0) is 19.4 Å². The van der Waals surface area contributed by atoms with Gasteiger partial charge in [0.15, 0.2) is 0 Å². The molecule has 0 N–H and O–H groups in total. The van der Waals surface area contributed by atoms with E-state index in [1.165, 1.54) is 5.56 Å². The Bertz CT molecular complexity index is 163. The molecular weight excluding hydrogens is 374 g/mol. The first-order valence-corrected chi connectivity index (χ1v) is 13.4. The van der Waals surface area contributed by atoms with E-state index < -0.39 is 0 Å². The average molecular weight is 383 g/mol. The van der Waals surface area contributed by atoms with Crippen LogP contribution in [0, 0.1) is 13.8 Å². The van der Waals surface area contributed by atoms with Crippen LogP contribution in [0.3, 0.4) is 0 Å². The molecule has 1 aromatic carbocycles. The summed E-state index contributed by atoms with van der Waals surface area (Å²) >= 11 is 5.18. The van der Waals surface area contributed by atoms with Gasteiger partial charge in [-0.3, -0.25) is 37.7 Å². The first-order chi connectivity index (χ1) is 5.20. The first kappa shape index (κ1) is 12.4. The summed E-state index contributed by atoms with van der Waals surface area (Å²) in [7, 11) is 0. The molecule has 0 amide bonds. The van der Waals surface area contributed by atoms with E-state index in [4.69, 9.17) is 0 Å². The topological polar surface area (TPSA) is 0 Å². The summed E-state index contributed by atoms with van der Waals surface area (Å²) in [6.45, 7) is 5.83. The van der Waals surface area contributed by atoms with Gasteiger partial charge in [0.2, 0.25) is 0 Å². The molecule has 0 aliphatic carbocycles. The van der Waals surface area contributed by atoms with Crippen molar-refractivity contribution in [3.8, 4) is 0 Å². The molecule has 1 radical (unpaired) electrons. The number of halogens is 2. The van der Waals surface area contributed by atoms with Crippen LogP contribution in [0.25, 0.3) is 0 Å². The minimum absolute atomic E-state index is 0.357. The van der Waals surface area contributed by atoms with Crippen LogP contribution in [-0.4, -0.2) is 12.6 Å². The Morgan fingerprint density at radius 2 is 1.55 bits per heavy atom. The second-order valence-electron chi connectivity index (χ2n) is 2.09. The summed E-state index contributed by atoms with van der Waals surface area (Å²) < 4.78 is 0. The zero-order chi connectivity index (χ0) is 8.69. The van der Waals surface area contributed by atoms with Crippen LogP contribution < -0.4 is 0 Å². The SMILES string of the molecule is [CH2]c1ccc(C)cc1.[I][Mg][I]. The highest BCUT2D eigenvalue weighted by atomic mass is 127. The van der Waals surface area contributed by atoms with Crippen molar-refractivity contribution in [2.45, 2.75) is 6.92 Å². The molecule has 0 unspecified atom stereocenters. The Labute approximate surface area is 98.0 Å². The maximum atomic E-state index is 3.76. The molecule has 0 nitrogen and oxygen atoms in total. The summed E-state index contributed by atoms with van der Waals surface area (Å²) in [5.41, 5.74) is 2.37. The lowest BCUT2D eigenvalue weighted by atomic mass is 10.2. The van der Waals surface area contributed by atoms with Crippen LogP contribution >= 0.6 is 37.7 Å². The third-order valence-corrected chi connectivity index (χ3v) is 1.12. The van der Waals surface area contributed by atoms with Crippen LogP contribution in [0.15, 0.2) is 24.3 Å². The van der Waals surface area contributed by atoms with Gasteiger partial charge in [-0.15, -0.1) is 0 Å². The van der Waals surface area contributed by atoms with Gasteiger partial charge in [0.1, 0.15) is 0 Å². The summed E-state index contributed by atoms with van der Waals surface area (Å²) in [6, 6.07) is 8.13. The molecule has 1 rings (SSSR count). The van der Waals surface area contributed by atoms with Crippen molar-refractivity contribution in [2.24, 2.45) is 0 Å².